The van der Waals surface area contributed by atoms with E-state index in [0.717, 1.165) is 13.0 Å². The number of hydrogen-bond donors (Lipinski definition) is 1. The first-order chi connectivity index (χ1) is 4.41. The first-order valence-corrected chi connectivity index (χ1v) is 3.16. The molecule has 1 N–H and O–H groups in total. The van der Waals surface area contributed by atoms with Gasteiger partial charge in [0.25, 0.3) is 0 Å². The molecular formula is C6H13NO2. The Balaban J connectivity index is 2.66. The minimum Gasteiger partial charge on any atom is -0.380 e. The molecule has 0 heterocycles. The summed E-state index contributed by atoms with van der Waals surface area (Å²) in [4.78, 5) is 9.67. The Bertz CT molecular complexity index is 66.1. The molecule has 0 aromatic carbocycles. The van der Waals surface area contributed by atoms with Crippen molar-refractivity contribution in [3.63, 3.8) is 0 Å². The van der Waals surface area contributed by atoms with Crippen LogP contribution in [0.4, 0.5) is 0 Å². The van der Waals surface area contributed by atoms with E-state index >= 15 is 0 Å². The van der Waals surface area contributed by atoms with E-state index in [1.54, 1.807) is 0 Å². The van der Waals surface area contributed by atoms with E-state index in [1.165, 1.54) is 0 Å². The van der Waals surface area contributed by atoms with Crippen LogP contribution in [0.5, 0.6) is 0 Å². The second-order valence-corrected chi connectivity index (χ2v) is 1.68. The van der Waals surface area contributed by atoms with Gasteiger partial charge in [0.1, 0.15) is 0 Å². The molecule has 0 fully saturated rings. The predicted octanol–water partition coefficient (Wildman–Crippen LogP) is 0.159. The van der Waals surface area contributed by atoms with E-state index in [0.29, 0.717) is 19.6 Å². The fourth-order valence-electron chi connectivity index (χ4n) is 0.436. The average molecular weight is 131 g/mol. The smallest absolute Gasteiger partial charge is 0.207 e. The highest BCUT2D eigenvalue weighted by Crippen LogP contribution is 1.76. The average Bonchev–Trinajstić information content (AvgIpc) is 1.89. The molecule has 0 aliphatic carbocycles. The number of carbonyl (C=O) groups excluding carboxylic acids is 1. The number of carbonyl (C=O) groups is 1. The Morgan fingerprint density at radius 2 is 2.33 bits per heavy atom. The van der Waals surface area contributed by atoms with E-state index < -0.39 is 0 Å². The van der Waals surface area contributed by atoms with Crippen LogP contribution >= 0.6 is 0 Å². The lowest BCUT2D eigenvalue weighted by Gasteiger charge is -1.99. The molecule has 0 unspecified atom stereocenters. The lowest BCUT2D eigenvalue weighted by molar-refractivity contribution is -0.109. The molecule has 0 rings (SSSR count). The first-order valence-electron chi connectivity index (χ1n) is 3.16. The summed E-state index contributed by atoms with van der Waals surface area (Å²) in [5.74, 6) is 0. The molecule has 0 aliphatic rings. The van der Waals surface area contributed by atoms with Crippen molar-refractivity contribution in [1.82, 2.24) is 5.32 Å². The van der Waals surface area contributed by atoms with Gasteiger partial charge in [-0.1, -0.05) is 6.92 Å². The molecule has 0 aromatic rings. The van der Waals surface area contributed by atoms with Gasteiger partial charge in [0.05, 0.1) is 6.61 Å². The molecule has 9 heavy (non-hydrogen) atoms. The van der Waals surface area contributed by atoms with Crippen LogP contribution in [0.3, 0.4) is 0 Å². The van der Waals surface area contributed by atoms with Crippen LogP contribution in [-0.4, -0.2) is 26.2 Å². The molecule has 0 saturated carbocycles. The Kier molecular flexibility index (Phi) is 6.96. The Hall–Kier alpha value is -0.570. The molecule has 54 valence electrons. The number of ether oxygens (including phenoxy) is 1. The maximum Gasteiger partial charge on any atom is 0.207 e. The maximum absolute atomic E-state index is 9.67. The third kappa shape index (κ3) is 7.43. The van der Waals surface area contributed by atoms with Crippen LogP contribution < -0.4 is 5.32 Å². The summed E-state index contributed by atoms with van der Waals surface area (Å²) in [5.41, 5.74) is 0. The third-order valence-electron chi connectivity index (χ3n) is 0.823. The Morgan fingerprint density at radius 1 is 1.56 bits per heavy atom. The van der Waals surface area contributed by atoms with E-state index in [2.05, 4.69) is 5.32 Å². The lowest BCUT2D eigenvalue weighted by atomic mass is 10.5. The van der Waals surface area contributed by atoms with Gasteiger partial charge in [0.15, 0.2) is 0 Å². The molecule has 0 bridgehead atoms. The zero-order valence-electron chi connectivity index (χ0n) is 5.72. The standard InChI is InChI=1S/C6H13NO2/c1-2-4-9-5-3-7-6-8/h6H,2-5H2,1H3,(H,7,8). The van der Waals surface area contributed by atoms with Crippen LogP contribution in [-0.2, 0) is 9.53 Å². The zero-order valence-corrected chi connectivity index (χ0v) is 5.72. The van der Waals surface area contributed by atoms with Crippen molar-refractivity contribution in [2.75, 3.05) is 19.8 Å². The number of hydrogen-bond acceptors (Lipinski definition) is 2. The topological polar surface area (TPSA) is 38.3 Å². The van der Waals surface area contributed by atoms with E-state index in [-0.39, 0.29) is 0 Å². The van der Waals surface area contributed by atoms with Crippen LogP contribution in [0.1, 0.15) is 13.3 Å². The minimum atomic E-state index is 0.615. The van der Waals surface area contributed by atoms with Gasteiger partial charge in [-0.05, 0) is 6.42 Å². The first kappa shape index (κ1) is 8.43. The molecule has 0 spiro atoms. The molecule has 1 amide bonds. The monoisotopic (exact) mass is 131 g/mol. The van der Waals surface area contributed by atoms with Crippen molar-refractivity contribution in [3.05, 3.63) is 0 Å². The highest BCUT2D eigenvalue weighted by molar-refractivity contribution is 5.45. The number of rotatable bonds is 6. The van der Waals surface area contributed by atoms with Gasteiger partial charge in [0.2, 0.25) is 6.41 Å². The highest BCUT2D eigenvalue weighted by Gasteiger charge is 1.82. The van der Waals surface area contributed by atoms with Crippen LogP contribution in [0.2, 0.25) is 0 Å². The summed E-state index contributed by atoms with van der Waals surface area (Å²) >= 11 is 0. The van der Waals surface area contributed by atoms with Crippen molar-refractivity contribution in [1.29, 1.82) is 0 Å². The minimum absolute atomic E-state index is 0.615. The van der Waals surface area contributed by atoms with Gasteiger partial charge in [0, 0.05) is 13.2 Å². The lowest BCUT2D eigenvalue weighted by Crippen LogP contribution is -2.17. The predicted molar refractivity (Wildman–Crippen MR) is 35.2 cm³/mol. The molecule has 0 aromatic heterocycles. The van der Waals surface area contributed by atoms with Gasteiger partial charge in [-0.3, -0.25) is 4.79 Å². The summed E-state index contributed by atoms with van der Waals surface area (Å²) < 4.78 is 5.06. The van der Waals surface area contributed by atoms with Crippen molar-refractivity contribution in [2.45, 2.75) is 13.3 Å². The molecule has 0 radical (unpaired) electrons. The van der Waals surface area contributed by atoms with E-state index in [1.807, 2.05) is 6.92 Å². The highest BCUT2D eigenvalue weighted by atomic mass is 16.5. The second-order valence-electron chi connectivity index (χ2n) is 1.68. The third-order valence-corrected chi connectivity index (χ3v) is 0.823. The Morgan fingerprint density at radius 3 is 2.89 bits per heavy atom. The molecule has 3 heteroatoms. The zero-order chi connectivity index (χ0) is 6.95. The molecular weight excluding hydrogens is 118 g/mol. The molecule has 0 atom stereocenters. The molecule has 0 aliphatic heterocycles. The Labute approximate surface area is 55.4 Å². The van der Waals surface area contributed by atoms with Crippen LogP contribution in [0.25, 0.3) is 0 Å². The fraction of sp³-hybridized carbons (Fsp3) is 0.833. The number of amides is 1. The molecule has 3 nitrogen and oxygen atoms in total. The summed E-state index contributed by atoms with van der Waals surface area (Å²) in [5, 5.41) is 2.50. The van der Waals surface area contributed by atoms with Crippen molar-refractivity contribution < 1.29 is 9.53 Å². The van der Waals surface area contributed by atoms with Crippen molar-refractivity contribution >= 4 is 6.41 Å². The SMILES string of the molecule is CCCOCCNC=O. The van der Waals surface area contributed by atoms with E-state index in [9.17, 15) is 4.79 Å². The largest absolute Gasteiger partial charge is 0.380 e. The van der Waals surface area contributed by atoms with Gasteiger partial charge < -0.3 is 10.1 Å². The van der Waals surface area contributed by atoms with Gasteiger partial charge >= 0.3 is 0 Å². The van der Waals surface area contributed by atoms with Crippen molar-refractivity contribution in [2.24, 2.45) is 0 Å². The van der Waals surface area contributed by atoms with E-state index in [4.69, 9.17) is 4.74 Å². The summed E-state index contributed by atoms with van der Waals surface area (Å²) in [6.07, 6.45) is 1.70. The maximum atomic E-state index is 9.67. The van der Waals surface area contributed by atoms with Crippen LogP contribution in [0.15, 0.2) is 0 Å². The van der Waals surface area contributed by atoms with Gasteiger partial charge in [-0.2, -0.15) is 0 Å². The summed E-state index contributed by atoms with van der Waals surface area (Å²) in [6, 6.07) is 0. The fourth-order valence-corrected chi connectivity index (χ4v) is 0.436. The van der Waals surface area contributed by atoms with Crippen molar-refractivity contribution in [3.8, 4) is 0 Å². The molecule has 0 saturated heterocycles. The normalized spacial score (nSPS) is 9.00. The quantitative estimate of drug-likeness (QED) is 0.412. The van der Waals surface area contributed by atoms with Crippen LogP contribution in [0, 0.1) is 0 Å². The van der Waals surface area contributed by atoms with Gasteiger partial charge in [-0.25, -0.2) is 0 Å². The van der Waals surface area contributed by atoms with Gasteiger partial charge in [-0.15, -0.1) is 0 Å². The number of nitrogens with one attached hydrogen (secondary N) is 1. The summed E-state index contributed by atoms with van der Waals surface area (Å²) in [7, 11) is 0. The summed E-state index contributed by atoms with van der Waals surface area (Å²) in [6.45, 7) is 4.06. The second kappa shape index (κ2) is 7.43.